The first-order valence-corrected chi connectivity index (χ1v) is 6.98. The summed E-state index contributed by atoms with van der Waals surface area (Å²) in [6.45, 7) is 9.32. The molecule has 4 unspecified atom stereocenters. The highest BCUT2D eigenvalue weighted by Gasteiger charge is 2.41. The van der Waals surface area contributed by atoms with Crippen molar-refractivity contribution in [1.82, 2.24) is 4.90 Å². The van der Waals surface area contributed by atoms with Gasteiger partial charge in [-0.1, -0.05) is 13.8 Å². The molecule has 0 radical (unpaired) electrons. The van der Waals surface area contributed by atoms with Gasteiger partial charge in [-0.25, -0.2) is 0 Å². The molecule has 2 N–H and O–H groups in total. The zero-order valence-electron chi connectivity index (χ0n) is 11.4. The summed E-state index contributed by atoms with van der Waals surface area (Å²) in [5.74, 6) is 0.860. The summed E-state index contributed by atoms with van der Waals surface area (Å²) in [5, 5.41) is 19.9. The predicted octanol–water partition coefficient (Wildman–Crippen LogP) is 1.49. The molecule has 3 nitrogen and oxygen atoms in total. The lowest BCUT2D eigenvalue weighted by Gasteiger charge is -2.28. The molecule has 2 aliphatic rings. The number of rotatable bonds is 3. The number of hydrogen-bond acceptors (Lipinski definition) is 3. The molecular weight excluding hydrogens is 214 g/mol. The van der Waals surface area contributed by atoms with Gasteiger partial charge in [0.2, 0.25) is 0 Å². The van der Waals surface area contributed by atoms with Crippen molar-refractivity contribution in [3.8, 4) is 0 Å². The second-order valence-corrected chi connectivity index (χ2v) is 6.78. The molecule has 0 aromatic rings. The van der Waals surface area contributed by atoms with E-state index in [1.54, 1.807) is 0 Å². The molecule has 3 heteroatoms. The third-order valence-electron chi connectivity index (χ3n) is 4.89. The lowest BCUT2D eigenvalue weighted by molar-refractivity contribution is 0.0339. The Balaban J connectivity index is 1.83. The third kappa shape index (κ3) is 2.83. The van der Waals surface area contributed by atoms with Crippen molar-refractivity contribution in [3.05, 3.63) is 0 Å². The van der Waals surface area contributed by atoms with Gasteiger partial charge < -0.3 is 15.1 Å². The van der Waals surface area contributed by atoms with Gasteiger partial charge in [-0.3, -0.25) is 0 Å². The maximum atomic E-state index is 10.3. The Bertz CT molecular complexity index is 265. The van der Waals surface area contributed by atoms with E-state index < -0.39 is 0 Å². The summed E-state index contributed by atoms with van der Waals surface area (Å²) < 4.78 is 0. The van der Waals surface area contributed by atoms with Crippen molar-refractivity contribution in [1.29, 1.82) is 0 Å². The zero-order chi connectivity index (χ0) is 12.6. The fourth-order valence-electron chi connectivity index (χ4n) is 3.45. The monoisotopic (exact) mass is 241 g/mol. The maximum absolute atomic E-state index is 10.3. The van der Waals surface area contributed by atoms with Gasteiger partial charge in [-0.2, -0.15) is 0 Å². The van der Waals surface area contributed by atoms with Crippen molar-refractivity contribution >= 4 is 0 Å². The molecule has 100 valence electrons. The van der Waals surface area contributed by atoms with E-state index in [2.05, 4.69) is 18.7 Å². The van der Waals surface area contributed by atoms with Crippen LogP contribution in [-0.4, -0.2) is 47.0 Å². The highest BCUT2D eigenvalue weighted by Crippen LogP contribution is 2.41. The van der Waals surface area contributed by atoms with Gasteiger partial charge in [0.15, 0.2) is 0 Å². The Labute approximate surface area is 105 Å². The Morgan fingerprint density at radius 1 is 1.35 bits per heavy atom. The minimum absolute atomic E-state index is 0.0913. The maximum Gasteiger partial charge on any atom is 0.0631 e. The molecule has 2 rings (SSSR count). The largest absolute Gasteiger partial charge is 0.393 e. The van der Waals surface area contributed by atoms with Crippen LogP contribution >= 0.6 is 0 Å². The normalized spacial score (nSPS) is 39.7. The minimum atomic E-state index is -0.190. The number of aliphatic hydroxyl groups is 2. The summed E-state index contributed by atoms with van der Waals surface area (Å²) in [4.78, 5) is 2.42. The smallest absolute Gasteiger partial charge is 0.0631 e. The molecule has 4 atom stereocenters. The highest BCUT2D eigenvalue weighted by atomic mass is 16.3. The number of hydrogen-bond donors (Lipinski definition) is 2. The van der Waals surface area contributed by atoms with Gasteiger partial charge in [0.1, 0.15) is 0 Å². The van der Waals surface area contributed by atoms with Crippen LogP contribution in [0, 0.1) is 17.3 Å². The summed E-state index contributed by atoms with van der Waals surface area (Å²) >= 11 is 0. The van der Waals surface area contributed by atoms with E-state index in [-0.39, 0.29) is 17.6 Å². The first kappa shape index (κ1) is 13.3. The van der Waals surface area contributed by atoms with Gasteiger partial charge in [-0.15, -0.1) is 0 Å². The van der Waals surface area contributed by atoms with Crippen LogP contribution in [0.4, 0.5) is 0 Å². The van der Waals surface area contributed by atoms with Crippen LogP contribution in [0.1, 0.15) is 40.0 Å². The van der Waals surface area contributed by atoms with Crippen LogP contribution < -0.4 is 0 Å². The highest BCUT2D eigenvalue weighted by molar-refractivity contribution is 4.93. The Morgan fingerprint density at radius 3 is 2.53 bits per heavy atom. The van der Waals surface area contributed by atoms with Gasteiger partial charge in [0, 0.05) is 13.1 Å². The quantitative estimate of drug-likeness (QED) is 0.787. The topological polar surface area (TPSA) is 43.7 Å². The summed E-state index contributed by atoms with van der Waals surface area (Å²) in [6, 6.07) is 0. The van der Waals surface area contributed by atoms with Crippen LogP contribution in [0.2, 0.25) is 0 Å². The summed E-state index contributed by atoms with van der Waals surface area (Å²) in [5.41, 5.74) is 0.0913. The van der Waals surface area contributed by atoms with Gasteiger partial charge in [0.25, 0.3) is 0 Å². The second kappa shape index (κ2) is 4.87. The van der Waals surface area contributed by atoms with E-state index in [0.717, 1.165) is 38.9 Å². The second-order valence-electron chi connectivity index (χ2n) is 6.78. The molecule has 0 aromatic heterocycles. The molecule has 0 aromatic carbocycles. The van der Waals surface area contributed by atoms with Crippen molar-refractivity contribution in [3.63, 3.8) is 0 Å². The average Bonchev–Trinajstić information content (AvgIpc) is 2.79. The van der Waals surface area contributed by atoms with E-state index in [1.807, 2.05) is 6.92 Å². The van der Waals surface area contributed by atoms with Crippen LogP contribution in [0.3, 0.4) is 0 Å². The molecule has 0 spiro atoms. The van der Waals surface area contributed by atoms with Crippen molar-refractivity contribution in [2.24, 2.45) is 17.3 Å². The molecule has 17 heavy (non-hydrogen) atoms. The fraction of sp³-hybridized carbons (Fsp3) is 1.00. The molecule has 1 heterocycles. The first-order valence-electron chi connectivity index (χ1n) is 6.98. The van der Waals surface area contributed by atoms with E-state index in [0.29, 0.717) is 11.8 Å². The molecule has 1 aliphatic carbocycles. The molecule has 1 saturated heterocycles. The Kier molecular flexibility index (Phi) is 3.81. The van der Waals surface area contributed by atoms with Gasteiger partial charge >= 0.3 is 0 Å². The average molecular weight is 241 g/mol. The number of nitrogens with zero attached hydrogens (tertiary/aromatic N) is 1. The molecule has 1 aliphatic heterocycles. The van der Waals surface area contributed by atoms with Crippen LogP contribution in [0.15, 0.2) is 0 Å². The van der Waals surface area contributed by atoms with E-state index >= 15 is 0 Å². The van der Waals surface area contributed by atoms with Gasteiger partial charge in [0.05, 0.1) is 12.2 Å². The number of likely N-dealkylation sites (tertiary alicyclic amines) is 1. The first-order chi connectivity index (χ1) is 7.90. The molecule has 0 bridgehead atoms. The standard InChI is InChI=1S/C14H27NO2/c1-10(16)11-5-7-15(8-11)9-12-4-6-14(2,3)13(12)17/h10-13,16-17H,4-9H2,1-3H3. The number of aliphatic hydroxyl groups excluding tert-OH is 2. The minimum Gasteiger partial charge on any atom is -0.393 e. The van der Waals surface area contributed by atoms with Crippen LogP contribution in [0.5, 0.6) is 0 Å². The van der Waals surface area contributed by atoms with E-state index in [9.17, 15) is 10.2 Å². The molecular formula is C14H27NO2. The van der Waals surface area contributed by atoms with E-state index in [4.69, 9.17) is 0 Å². The Morgan fingerprint density at radius 2 is 2.06 bits per heavy atom. The van der Waals surface area contributed by atoms with Gasteiger partial charge in [-0.05, 0) is 50.0 Å². The van der Waals surface area contributed by atoms with Crippen molar-refractivity contribution in [2.75, 3.05) is 19.6 Å². The third-order valence-corrected chi connectivity index (χ3v) is 4.89. The lowest BCUT2D eigenvalue weighted by Crippen LogP contribution is -2.36. The molecule has 2 fully saturated rings. The Hall–Kier alpha value is -0.120. The zero-order valence-corrected chi connectivity index (χ0v) is 11.4. The van der Waals surface area contributed by atoms with Crippen LogP contribution in [0.25, 0.3) is 0 Å². The van der Waals surface area contributed by atoms with Crippen molar-refractivity contribution < 1.29 is 10.2 Å². The predicted molar refractivity (Wildman–Crippen MR) is 68.7 cm³/mol. The van der Waals surface area contributed by atoms with Crippen molar-refractivity contribution in [2.45, 2.75) is 52.2 Å². The lowest BCUT2D eigenvalue weighted by atomic mass is 9.87. The fourth-order valence-corrected chi connectivity index (χ4v) is 3.45. The summed E-state index contributed by atoms with van der Waals surface area (Å²) in [7, 11) is 0. The van der Waals surface area contributed by atoms with E-state index in [1.165, 1.54) is 0 Å². The molecule has 1 saturated carbocycles. The molecule has 0 amide bonds. The van der Waals surface area contributed by atoms with Crippen LogP contribution in [-0.2, 0) is 0 Å². The summed E-state index contributed by atoms with van der Waals surface area (Å²) in [6.07, 6.45) is 3.03. The SMILES string of the molecule is CC(O)C1CCN(CC2CCC(C)(C)C2O)C1.